The zero-order chi connectivity index (χ0) is 8.81. The summed E-state index contributed by atoms with van der Waals surface area (Å²) in [7, 11) is 3.60. The van der Waals surface area contributed by atoms with E-state index >= 15 is 0 Å². The van der Waals surface area contributed by atoms with Gasteiger partial charge in [-0.25, -0.2) is 0 Å². The lowest BCUT2D eigenvalue weighted by molar-refractivity contribution is 0.352. The molecule has 0 spiro atoms. The number of likely N-dealkylation sites (tertiary alicyclic amines) is 1. The molecule has 1 heterocycles. The maximum atomic E-state index is 5.31. The Bertz CT molecular complexity index is 143. The van der Waals surface area contributed by atoms with Gasteiger partial charge in [-0.15, -0.1) is 0 Å². The fourth-order valence-corrected chi connectivity index (χ4v) is 3.33. The Balaban J connectivity index is 2.20. The second-order valence-corrected chi connectivity index (χ2v) is 6.02. The summed E-state index contributed by atoms with van der Waals surface area (Å²) in [6, 6.07) is 0. The van der Waals surface area contributed by atoms with E-state index in [9.17, 15) is 0 Å². The molecule has 0 amide bonds. The first kappa shape index (κ1) is 10.7. The largest absolute Gasteiger partial charge is 0.357 e. The van der Waals surface area contributed by atoms with Crippen LogP contribution in [0.3, 0.4) is 0 Å². The molecule has 0 saturated carbocycles. The first-order valence-corrected chi connectivity index (χ1v) is 7.15. The Morgan fingerprint density at radius 2 is 2.00 bits per heavy atom. The van der Waals surface area contributed by atoms with E-state index in [1.54, 1.807) is 10.8 Å². The first-order chi connectivity index (χ1) is 5.84. The zero-order valence-corrected chi connectivity index (χ0v) is 9.86. The predicted molar refractivity (Wildman–Crippen MR) is 63.7 cm³/mol. The van der Waals surface area contributed by atoms with Crippen molar-refractivity contribution >= 4 is 38.1 Å². The number of hydrogen-bond acceptors (Lipinski definition) is 3. The monoisotopic (exact) mass is 221 g/mol. The van der Waals surface area contributed by atoms with Gasteiger partial charge in [-0.05, 0) is 30.1 Å². The first-order valence-electron chi connectivity index (χ1n) is 4.43. The van der Waals surface area contributed by atoms with E-state index in [0.29, 0.717) is 0 Å². The summed E-state index contributed by atoms with van der Waals surface area (Å²) in [4.78, 5) is 2.34. The second kappa shape index (κ2) is 6.11. The van der Waals surface area contributed by atoms with Gasteiger partial charge in [0.1, 0.15) is 4.32 Å². The summed E-state index contributed by atoms with van der Waals surface area (Å²) in [6.07, 6.45) is 4.01. The molecule has 0 aromatic rings. The van der Waals surface area contributed by atoms with E-state index in [0.717, 1.165) is 10.1 Å². The van der Waals surface area contributed by atoms with Crippen LogP contribution < -0.4 is 0 Å². The molecule has 12 heavy (non-hydrogen) atoms. The van der Waals surface area contributed by atoms with Crippen LogP contribution in [-0.4, -0.2) is 28.1 Å². The maximum Gasteiger partial charge on any atom is 0.147 e. The van der Waals surface area contributed by atoms with Gasteiger partial charge in [-0.3, -0.25) is 0 Å². The van der Waals surface area contributed by atoms with Crippen molar-refractivity contribution in [3.8, 4) is 0 Å². The van der Waals surface area contributed by atoms with Crippen LogP contribution in [0, 0.1) is 0 Å². The molecule has 0 aromatic heterocycles. The number of hydrogen-bond donors (Lipinski definition) is 0. The van der Waals surface area contributed by atoms with Crippen molar-refractivity contribution in [3.05, 3.63) is 0 Å². The molecule has 1 saturated heterocycles. The molecule has 0 radical (unpaired) electrons. The van der Waals surface area contributed by atoms with E-state index in [1.807, 2.05) is 10.8 Å². The molecule has 70 valence electrons. The van der Waals surface area contributed by atoms with Crippen molar-refractivity contribution in [2.24, 2.45) is 0 Å². The molecule has 1 rings (SSSR count). The van der Waals surface area contributed by atoms with Crippen LogP contribution in [0.15, 0.2) is 0 Å². The summed E-state index contributed by atoms with van der Waals surface area (Å²) in [5, 5.41) is 0. The highest BCUT2D eigenvalue weighted by Gasteiger charge is 2.13. The lowest BCUT2D eigenvalue weighted by atomic mass is 10.1. The van der Waals surface area contributed by atoms with E-state index in [-0.39, 0.29) is 0 Å². The van der Waals surface area contributed by atoms with Crippen molar-refractivity contribution in [1.29, 1.82) is 0 Å². The van der Waals surface area contributed by atoms with Crippen molar-refractivity contribution in [2.75, 3.05) is 18.8 Å². The van der Waals surface area contributed by atoms with Crippen molar-refractivity contribution in [2.45, 2.75) is 26.2 Å². The van der Waals surface area contributed by atoms with E-state index in [2.05, 4.69) is 11.8 Å². The average molecular weight is 221 g/mol. The van der Waals surface area contributed by atoms with Crippen LogP contribution in [0.4, 0.5) is 0 Å². The molecule has 0 aromatic carbocycles. The minimum absolute atomic E-state index is 1.08. The number of nitrogens with zero attached hydrogens (tertiary/aromatic N) is 1. The van der Waals surface area contributed by atoms with Gasteiger partial charge in [0.05, 0.1) is 0 Å². The number of rotatable bonds is 2. The summed E-state index contributed by atoms with van der Waals surface area (Å²) < 4.78 is 1.08. The number of thiocarbonyl (C=S) groups is 1. The summed E-state index contributed by atoms with van der Waals surface area (Å²) in [5.41, 5.74) is 0. The summed E-state index contributed by atoms with van der Waals surface area (Å²) >= 11 is 5.31. The predicted octanol–water partition coefficient (Wildman–Crippen LogP) is 3.16. The van der Waals surface area contributed by atoms with Crippen LogP contribution in [-0.2, 0) is 0 Å². The van der Waals surface area contributed by atoms with Crippen molar-refractivity contribution < 1.29 is 0 Å². The normalized spacial score (nSPS) is 17.9. The highest BCUT2D eigenvalue weighted by Crippen LogP contribution is 2.26. The average Bonchev–Trinajstić information content (AvgIpc) is 2.15. The third kappa shape index (κ3) is 3.54. The van der Waals surface area contributed by atoms with Crippen LogP contribution in [0.25, 0.3) is 0 Å². The minimum Gasteiger partial charge on any atom is -0.357 e. The molecule has 0 atom stereocenters. The van der Waals surface area contributed by atoms with Crippen molar-refractivity contribution in [3.63, 3.8) is 0 Å². The summed E-state index contributed by atoms with van der Waals surface area (Å²) in [6.45, 7) is 4.52. The number of piperidine rings is 1. The zero-order valence-electron chi connectivity index (χ0n) is 7.41. The van der Waals surface area contributed by atoms with Gasteiger partial charge in [0, 0.05) is 18.8 Å². The Morgan fingerprint density at radius 3 is 2.58 bits per heavy atom. The van der Waals surface area contributed by atoms with Gasteiger partial charge < -0.3 is 4.90 Å². The van der Waals surface area contributed by atoms with Gasteiger partial charge in [-0.2, -0.15) is 0 Å². The Hall–Kier alpha value is 0.590. The van der Waals surface area contributed by atoms with E-state index < -0.39 is 0 Å². The van der Waals surface area contributed by atoms with Gasteiger partial charge in [0.2, 0.25) is 0 Å². The maximum absolute atomic E-state index is 5.31. The smallest absolute Gasteiger partial charge is 0.147 e. The molecule has 0 bridgehead atoms. The van der Waals surface area contributed by atoms with Gasteiger partial charge in [0.25, 0.3) is 0 Å². The van der Waals surface area contributed by atoms with Crippen molar-refractivity contribution in [1.82, 2.24) is 4.90 Å². The molecule has 1 aliphatic heterocycles. The lowest BCUT2D eigenvalue weighted by Crippen LogP contribution is -2.32. The molecule has 1 nitrogen and oxygen atoms in total. The van der Waals surface area contributed by atoms with Gasteiger partial charge in [-0.1, -0.05) is 29.9 Å². The quantitative estimate of drug-likeness (QED) is 0.520. The van der Waals surface area contributed by atoms with E-state index in [1.165, 1.54) is 32.4 Å². The molecular weight excluding hydrogens is 206 g/mol. The molecule has 4 heteroatoms. The second-order valence-electron chi connectivity index (χ2n) is 2.80. The minimum atomic E-state index is 1.08. The van der Waals surface area contributed by atoms with Gasteiger partial charge >= 0.3 is 0 Å². The Morgan fingerprint density at radius 1 is 1.33 bits per heavy atom. The van der Waals surface area contributed by atoms with Crippen LogP contribution in [0.1, 0.15) is 26.2 Å². The lowest BCUT2D eigenvalue weighted by Gasteiger charge is -2.28. The summed E-state index contributed by atoms with van der Waals surface area (Å²) in [5.74, 6) is 1.14. The topological polar surface area (TPSA) is 3.24 Å². The SMILES string of the molecule is CCSSC(=S)N1CCCCC1. The molecule has 0 unspecified atom stereocenters. The fourth-order valence-electron chi connectivity index (χ4n) is 1.24. The third-order valence-corrected chi connectivity index (χ3v) is 4.98. The highest BCUT2D eigenvalue weighted by molar-refractivity contribution is 8.83. The highest BCUT2D eigenvalue weighted by atomic mass is 33.1. The Labute approximate surface area is 88.1 Å². The molecular formula is C8H15NS3. The van der Waals surface area contributed by atoms with Crippen LogP contribution in [0.2, 0.25) is 0 Å². The van der Waals surface area contributed by atoms with Crippen LogP contribution >= 0.6 is 33.8 Å². The molecule has 0 aliphatic carbocycles. The van der Waals surface area contributed by atoms with E-state index in [4.69, 9.17) is 12.2 Å². The fraction of sp³-hybridized carbons (Fsp3) is 0.875. The molecule has 0 N–H and O–H groups in total. The molecule has 1 fully saturated rings. The third-order valence-electron chi connectivity index (χ3n) is 1.86. The standard InChI is InChI=1S/C8H15NS3/c1-2-11-12-8(10)9-6-4-3-5-7-9/h2-7H2,1H3. The Kier molecular flexibility index (Phi) is 5.43. The molecule has 1 aliphatic rings. The van der Waals surface area contributed by atoms with Crippen LogP contribution in [0.5, 0.6) is 0 Å². The van der Waals surface area contributed by atoms with Gasteiger partial charge in [0.15, 0.2) is 0 Å².